The van der Waals surface area contributed by atoms with Gasteiger partial charge in [0.1, 0.15) is 5.75 Å². The van der Waals surface area contributed by atoms with Gasteiger partial charge in [0.2, 0.25) is 0 Å². The van der Waals surface area contributed by atoms with E-state index >= 15 is 0 Å². The average molecular weight is 266 g/mol. The van der Waals surface area contributed by atoms with Crippen LogP contribution in [0.15, 0.2) is 16.6 Å². The third-order valence-electron chi connectivity index (χ3n) is 1.60. The van der Waals surface area contributed by atoms with E-state index in [1.54, 1.807) is 13.2 Å². The van der Waals surface area contributed by atoms with Gasteiger partial charge in [-0.3, -0.25) is 0 Å². The zero-order valence-electron chi connectivity index (χ0n) is 7.43. The van der Waals surface area contributed by atoms with Crippen molar-refractivity contribution < 1.29 is 9.47 Å². The Balaban J connectivity index is 2.86. The summed E-state index contributed by atoms with van der Waals surface area (Å²) in [5, 5.41) is 0.681. The van der Waals surface area contributed by atoms with Gasteiger partial charge < -0.3 is 9.47 Å². The van der Waals surface area contributed by atoms with Crippen molar-refractivity contribution in [3.63, 3.8) is 0 Å². The van der Waals surface area contributed by atoms with E-state index in [-0.39, 0.29) is 6.79 Å². The van der Waals surface area contributed by atoms with Gasteiger partial charge in [-0.15, -0.1) is 0 Å². The van der Waals surface area contributed by atoms with Crippen LogP contribution in [0.25, 0.3) is 0 Å². The second-order valence-electron chi connectivity index (χ2n) is 2.56. The van der Waals surface area contributed by atoms with Gasteiger partial charge in [0.05, 0.1) is 0 Å². The monoisotopic (exact) mass is 264 g/mol. The highest BCUT2D eigenvalue weighted by Gasteiger charge is 2.03. The van der Waals surface area contributed by atoms with Crippen LogP contribution in [-0.4, -0.2) is 13.9 Å². The van der Waals surface area contributed by atoms with E-state index in [0.717, 1.165) is 10.0 Å². The second-order valence-corrected chi connectivity index (χ2v) is 3.82. The molecule has 1 rings (SSSR count). The van der Waals surface area contributed by atoms with Crippen molar-refractivity contribution in [1.29, 1.82) is 0 Å². The Morgan fingerprint density at radius 2 is 2.15 bits per heavy atom. The Bertz CT molecular complexity index is 279. The van der Waals surface area contributed by atoms with Crippen molar-refractivity contribution in [1.82, 2.24) is 0 Å². The van der Waals surface area contributed by atoms with E-state index in [1.165, 1.54) is 0 Å². The van der Waals surface area contributed by atoms with Gasteiger partial charge in [-0.25, -0.2) is 0 Å². The molecule has 0 aromatic heterocycles. The third kappa shape index (κ3) is 2.86. The fourth-order valence-electron chi connectivity index (χ4n) is 0.832. The number of methoxy groups -OCH3 is 1. The van der Waals surface area contributed by atoms with Gasteiger partial charge >= 0.3 is 0 Å². The molecule has 0 aliphatic heterocycles. The topological polar surface area (TPSA) is 18.5 Å². The minimum atomic E-state index is 0.228. The van der Waals surface area contributed by atoms with E-state index in [2.05, 4.69) is 15.9 Å². The first-order valence-corrected chi connectivity index (χ1v) is 4.89. The Morgan fingerprint density at radius 1 is 1.46 bits per heavy atom. The fourth-order valence-corrected chi connectivity index (χ4v) is 1.60. The normalized spacial score (nSPS) is 10.2. The van der Waals surface area contributed by atoms with Gasteiger partial charge in [0, 0.05) is 16.6 Å². The molecule has 0 heterocycles. The Kier molecular flexibility index (Phi) is 4.03. The van der Waals surface area contributed by atoms with Crippen LogP contribution in [-0.2, 0) is 4.74 Å². The SMILES string of the molecule is COCOc1cc(Cl)c(C)c(Br)c1. The van der Waals surface area contributed by atoms with Crippen LogP contribution in [0.2, 0.25) is 5.02 Å². The Labute approximate surface area is 90.9 Å². The van der Waals surface area contributed by atoms with Crippen molar-refractivity contribution in [3.05, 3.63) is 27.2 Å². The molecule has 1 aromatic rings. The van der Waals surface area contributed by atoms with Crippen LogP contribution < -0.4 is 4.74 Å². The molecule has 0 saturated heterocycles. The molecule has 1 aromatic carbocycles. The molecule has 0 saturated carbocycles. The van der Waals surface area contributed by atoms with Gasteiger partial charge in [-0.2, -0.15) is 0 Å². The van der Waals surface area contributed by atoms with E-state index < -0.39 is 0 Å². The van der Waals surface area contributed by atoms with E-state index in [9.17, 15) is 0 Å². The summed E-state index contributed by atoms with van der Waals surface area (Å²) >= 11 is 9.33. The van der Waals surface area contributed by atoms with Crippen molar-refractivity contribution in [3.8, 4) is 5.75 Å². The number of halogens is 2. The summed E-state index contributed by atoms with van der Waals surface area (Å²) in [5.41, 5.74) is 1.01. The maximum Gasteiger partial charge on any atom is 0.188 e. The van der Waals surface area contributed by atoms with Crippen LogP contribution in [0, 0.1) is 6.92 Å². The molecule has 72 valence electrons. The zero-order valence-corrected chi connectivity index (χ0v) is 9.78. The van der Waals surface area contributed by atoms with E-state index in [0.29, 0.717) is 10.8 Å². The molecule has 0 spiro atoms. The highest BCUT2D eigenvalue weighted by molar-refractivity contribution is 9.10. The number of hydrogen-bond acceptors (Lipinski definition) is 2. The lowest BCUT2D eigenvalue weighted by molar-refractivity contribution is 0.0511. The maximum absolute atomic E-state index is 5.95. The summed E-state index contributed by atoms with van der Waals surface area (Å²) in [7, 11) is 1.57. The van der Waals surface area contributed by atoms with Crippen LogP contribution in [0.3, 0.4) is 0 Å². The smallest absolute Gasteiger partial charge is 0.188 e. The number of ether oxygens (including phenoxy) is 2. The molecule has 0 bridgehead atoms. The predicted molar refractivity (Wildman–Crippen MR) is 56.4 cm³/mol. The molecule has 0 unspecified atom stereocenters. The average Bonchev–Trinajstić information content (AvgIpc) is 2.10. The molecule has 13 heavy (non-hydrogen) atoms. The highest BCUT2D eigenvalue weighted by atomic mass is 79.9. The van der Waals surface area contributed by atoms with Gasteiger partial charge in [0.25, 0.3) is 0 Å². The molecule has 0 fully saturated rings. The zero-order chi connectivity index (χ0) is 9.84. The molecule has 0 radical (unpaired) electrons. The minimum absolute atomic E-state index is 0.228. The highest BCUT2D eigenvalue weighted by Crippen LogP contribution is 2.29. The fraction of sp³-hybridized carbons (Fsp3) is 0.333. The number of benzene rings is 1. The quantitative estimate of drug-likeness (QED) is 0.780. The van der Waals surface area contributed by atoms with Gasteiger partial charge in [0.15, 0.2) is 6.79 Å². The largest absolute Gasteiger partial charge is 0.467 e. The number of hydrogen-bond donors (Lipinski definition) is 0. The number of rotatable bonds is 3. The second kappa shape index (κ2) is 4.84. The predicted octanol–water partition coefficient (Wildman–Crippen LogP) is 3.39. The van der Waals surface area contributed by atoms with E-state index in [1.807, 2.05) is 13.0 Å². The molecule has 0 aliphatic rings. The van der Waals surface area contributed by atoms with Crippen molar-refractivity contribution in [2.45, 2.75) is 6.92 Å². The standard InChI is InChI=1S/C9H10BrClO2/c1-6-8(10)3-7(4-9(6)11)13-5-12-2/h3-4H,5H2,1-2H3. The first kappa shape index (κ1) is 10.8. The molecule has 0 amide bonds. The lowest BCUT2D eigenvalue weighted by atomic mass is 10.2. The van der Waals surface area contributed by atoms with Crippen LogP contribution in [0.5, 0.6) is 5.75 Å². The Hall–Kier alpha value is -0.250. The lowest BCUT2D eigenvalue weighted by Crippen LogP contribution is -1.99. The van der Waals surface area contributed by atoms with Crippen molar-refractivity contribution >= 4 is 27.5 Å². The molecule has 4 heteroatoms. The molecule has 0 aliphatic carbocycles. The van der Waals surface area contributed by atoms with Gasteiger partial charge in [-0.1, -0.05) is 27.5 Å². The Morgan fingerprint density at radius 3 is 2.69 bits per heavy atom. The van der Waals surface area contributed by atoms with Crippen LogP contribution >= 0.6 is 27.5 Å². The lowest BCUT2D eigenvalue weighted by Gasteiger charge is -2.07. The summed E-state index contributed by atoms with van der Waals surface area (Å²) in [6.45, 7) is 2.17. The summed E-state index contributed by atoms with van der Waals surface area (Å²) in [4.78, 5) is 0. The van der Waals surface area contributed by atoms with E-state index in [4.69, 9.17) is 21.1 Å². The summed E-state index contributed by atoms with van der Waals surface area (Å²) < 4.78 is 10.9. The van der Waals surface area contributed by atoms with Crippen LogP contribution in [0.1, 0.15) is 5.56 Å². The molecule has 0 N–H and O–H groups in total. The summed E-state index contributed by atoms with van der Waals surface area (Å²) in [6.07, 6.45) is 0. The molecule has 2 nitrogen and oxygen atoms in total. The van der Waals surface area contributed by atoms with Crippen molar-refractivity contribution in [2.24, 2.45) is 0 Å². The molecular formula is C9H10BrClO2. The minimum Gasteiger partial charge on any atom is -0.467 e. The third-order valence-corrected chi connectivity index (χ3v) is 2.81. The first-order valence-electron chi connectivity index (χ1n) is 3.72. The molecule has 0 atom stereocenters. The summed E-state index contributed by atoms with van der Waals surface area (Å²) in [6, 6.07) is 3.63. The summed E-state index contributed by atoms with van der Waals surface area (Å²) in [5.74, 6) is 0.698. The van der Waals surface area contributed by atoms with Crippen molar-refractivity contribution in [2.75, 3.05) is 13.9 Å². The maximum atomic E-state index is 5.95. The first-order chi connectivity index (χ1) is 6.15. The van der Waals surface area contributed by atoms with Crippen LogP contribution in [0.4, 0.5) is 0 Å². The molecular weight excluding hydrogens is 255 g/mol. The van der Waals surface area contributed by atoms with Gasteiger partial charge in [-0.05, 0) is 24.6 Å².